The Morgan fingerprint density at radius 2 is 2.31 bits per heavy atom. The maximum atomic E-state index is 10.8. The van der Waals surface area contributed by atoms with Gasteiger partial charge in [0.15, 0.2) is 0 Å². The summed E-state index contributed by atoms with van der Waals surface area (Å²) in [5.41, 5.74) is 1.51. The number of rotatable bonds is 5. The zero-order valence-electron chi connectivity index (χ0n) is 9.86. The Hall–Kier alpha value is -1.49. The second-order valence-electron chi connectivity index (χ2n) is 3.82. The van der Waals surface area contributed by atoms with Crippen LogP contribution in [0.5, 0.6) is 0 Å². The quantitative estimate of drug-likeness (QED) is 0.611. The van der Waals surface area contributed by atoms with Gasteiger partial charge in [0.1, 0.15) is 0 Å². The number of aryl methyl sites for hydroxylation is 1. The number of likely N-dealkylation sites (N-methyl/N-ethyl adjacent to an activating group) is 1. The Balaban J connectivity index is 2.90. The molecule has 0 saturated carbocycles. The molecule has 0 saturated heterocycles. The minimum absolute atomic E-state index is 0.149. The highest BCUT2D eigenvalue weighted by Crippen LogP contribution is 2.18. The van der Waals surface area contributed by atoms with Gasteiger partial charge in [-0.05, 0) is 20.4 Å². The molecule has 1 heterocycles. The lowest BCUT2D eigenvalue weighted by Crippen LogP contribution is -2.26. The van der Waals surface area contributed by atoms with Crippen LogP contribution in [-0.4, -0.2) is 23.0 Å². The van der Waals surface area contributed by atoms with Gasteiger partial charge in [0, 0.05) is 36.0 Å². The van der Waals surface area contributed by atoms with Crippen LogP contribution in [0.15, 0.2) is 12.3 Å². The summed E-state index contributed by atoms with van der Waals surface area (Å²) in [6.07, 6.45) is 3.25. The van der Waals surface area contributed by atoms with Gasteiger partial charge < -0.3 is 5.32 Å². The summed E-state index contributed by atoms with van der Waals surface area (Å²) < 4.78 is 0. The summed E-state index contributed by atoms with van der Waals surface area (Å²) in [5.74, 6) is 0. The number of pyridine rings is 1. The highest BCUT2D eigenvalue weighted by Gasteiger charge is 2.13. The summed E-state index contributed by atoms with van der Waals surface area (Å²) in [5, 5.41) is 13.9. The molecule has 0 bridgehead atoms. The minimum atomic E-state index is -0.360. The van der Waals surface area contributed by atoms with Gasteiger partial charge >= 0.3 is 0 Å². The molecule has 1 unspecified atom stereocenters. The zero-order valence-corrected chi connectivity index (χ0v) is 9.86. The molecule has 0 radical (unpaired) electrons. The van der Waals surface area contributed by atoms with Crippen molar-refractivity contribution in [1.82, 2.24) is 10.3 Å². The average Bonchev–Trinajstić information content (AvgIpc) is 2.27. The van der Waals surface area contributed by atoms with E-state index in [2.05, 4.69) is 17.2 Å². The van der Waals surface area contributed by atoms with E-state index < -0.39 is 0 Å². The highest BCUT2D eigenvalue weighted by atomic mass is 16.6. The number of nitro groups is 1. The molecule has 1 atom stereocenters. The van der Waals surface area contributed by atoms with Crippen LogP contribution in [0.2, 0.25) is 0 Å². The number of nitrogens with one attached hydrogen (secondary N) is 1. The third-order valence-corrected chi connectivity index (χ3v) is 2.68. The van der Waals surface area contributed by atoms with Crippen LogP contribution in [0.4, 0.5) is 5.69 Å². The monoisotopic (exact) mass is 223 g/mol. The molecule has 88 valence electrons. The van der Waals surface area contributed by atoms with E-state index in [1.807, 2.05) is 7.05 Å². The molecule has 0 aliphatic heterocycles. The largest absolute Gasteiger partial charge is 0.317 e. The van der Waals surface area contributed by atoms with Gasteiger partial charge in [-0.2, -0.15) is 0 Å². The molecule has 0 aliphatic rings. The normalized spacial score (nSPS) is 12.4. The molecular weight excluding hydrogens is 206 g/mol. The lowest BCUT2D eigenvalue weighted by Gasteiger charge is -2.12. The summed E-state index contributed by atoms with van der Waals surface area (Å²) >= 11 is 0. The first kappa shape index (κ1) is 12.6. The van der Waals surface area contributed by atoms with Crippen molar-refractivity contribution in [3.05, 3.63) is 33.6 Å². The van der Waals surface area contributed by atoms with Crippen molar-refractivity contribution in [3.63, 3.8) is 0 Å². The van der Waals surface area contributed by atoms with Gasteiger partial charge in [0.2, 0.25) is 0 Å². The predicted octanol–water partition coefficient (Wildman–Crippen LogP) is 1.84. The van der Waals surface area contributed by atoms with E-state index in [4.69, 9.17) is 0 Å². The van der Waals surface area contributed by atoms with Crippen molar-refractivity contribution in [2.24, 2.45) is 0 Å². The van der Waals surface area contributed by atoms with Crippen LogP contribution in [-0.2, 0) is 6.42 Å². The Morgan fingerprint density at radius 1 is 1.62 bits per heavy atom. The Labute approximate surface area is 95.0 Å². The first-order valence-corrected chi connectivity index (χ1v) is 5.35. The van der Waals surface area contributed by atoms with Crippen molar-refractivity contribution in [2.75, 3.05) is 7.05 Å². The van der Waals surface area contributed by atoms with Crippen LogP contribution in [0.3, 0.4) is 0 Å². The highest BCUT2D eigenvalue weighted by molar-refractivity contribution is 5.38. The smallest absolute Gasteiger partial charge is 0.275 e. The number of hydrogen-bond donors (Lipinski definition) is 1. The summed E-state index contributed by atoms with van der Waals surface area (Å²) in [6, 6.07) is 1.88. The number of hydrogen-bond acceptors (Lipinski definition) is 4. The van der Waals surface area contributed by atoms with E-state index in [1.165, 1.54) is 0 Å². The van der Waals surface area contributed by atoms with Crippen molar-refractivity contribution in [2.45, 2.75) is 32.7 Å². The fourth-order valence-corrected chi connectivity index (χ4v) is 1.57. The molecule has 1 aromatic rings. The van der Waals surface area contributed by atoms with Gasteiger partial charge in [-0.15, -0.1) is 0 Å². The average molecular weight is 223 g/mol. The van der Waals surface area contributed by atoms with Gasteiger partial charge in [-0.25, -0.2) is 0 Å². The Bertz CT molecular complexity index is 375. The molecule has 0 amide bonds. The Kier molecular flexibility index (Phi) is 4.37. The first-order valence-electron chi connectivity index (χ1n) is 5.35. The third kappa shape index (κ3) is 3.00. The predicted molar refractivity (Wildman–Crippen MR) is 62.5 cm³/mol. The lowest BCUT2D eigenvalue weighted by molar-refractivity contribution is -0.385. The topological polar surface area (TPSA) is 68.1 Å². The number of aromatic nitrogens is 1. The number of nitrogens with zero attached hydrogens (tertiary/aromatic N) is 2. The second kappa shape index (κ2) is 5.55. The molecule has 5 nitrogen and oxygen atoms in total. The molecule has 16 heavy (non-hydrogen) atoms. The first-order chi connectivity index (χ1) is 7.58. The van der Waals surface area contributed by atoms with Crippen molar-refractivity contribution in [3.8, 4) is 0 Å². The van der Waals surface area contributed by atoms with Crippen LogP contribution in [0, 0.1) is 17.0 Å². The van der Waals surface area contributed by atoms with Crippen molar-refractivity contribution >= 4 is 5.69 Å². The van der Waals surface area contributed by atoms with Gasteiger partial charge in [0.25, 0.3) is 5.69 Å². The van der Waals surface area contributed by atoms with Gasteiger partial charge in [0.05, 0.1) is 4.92 Å². The van der Waals surface area contributed by atoms with E-state index in [9.17, 15) is 10.1 Å². The molecule has 0 fully saturated rings. The summed E-state index contributed by atoms with van der Waals surface area (Å²) in [4.78, 5) is 14.6. The van der Waals surface area contributed by atoms with Crippen molar-refractivity contribution in [1.29, 1.82) is 0 Å². The third-order valence-electron chi connectivity index (χ3n) is 2.68. The zero-order chi connectivity index (χ0) is 12.1. The van der Waals surface area contributed by atoms with Crippen LogP contribution in [0.1, 0.15) is 24.6 Å². The molecular formula is C11H17N3O2. The molecule has 1 aromatic heterocycles. The van der Waals surface area contributed by atoms with Crippen LogP contribution >= 0.6 is 0 Å². The molecule has 0 spiro atoms. The van der Waals surface area contributed by atoms with Gasteiger partial charge in [-0.1, -0.05) is 6.92 Å². The molecule has 0 aromatic carbocycles. The van der Waals surface area contributed by atoms with Crippen molar-refractivity contribution < 1.29 is 4.92 Å². The fraction of sp³-hybridized carbons (Fsp3) is 0.545. The van der Waals surface area contributed by atoms with E-state index >= 15 is 0 Å². The van der Waals surface area contributed by atoms with E-state index in [-0.39, 0.29) is 10.6 Å². The summed E-state index contributed by atoms with van der Waals surface area (Å²) in [7, 11) is 1.89. The Morgan fingerprint density at radius 3 is 2.81 bits per heavy atom. The van der Waals surface area contributed by atoms with Crippen LogP contribution in [0.25, 0.3) is 0 Å². The van der Waals surface area contributed by atoms with Crippen LogP contribution < -0.4 is 5.32 Å². The summed E-state index contributed by atoms with van der Waals surface area (Å²) in [6.45, 7) is 3.77. The molecule has 1 rings (SSSR count). The fourth-order valence-electron chi connectivity index (χ4n) is 1.57. The van der Waals surface area contributed by atoms with E-state index in [1.54, 1.807) is 19.2 Å². The maximum Gasteiger partial charge on any atom is 0.275 e. The standard InChI is InChI=1S/C11H17N3O2/c1-4-9(12-3)5-10-6-11(14(15)16)8(2)7-13-10/h6-7,9,12H,4-5H2,1-3H3. The molecule has 5 heteroatoms. The lowest BCUT2D eigenvalue weighted by atomic mass is 10.1. The van der Waals surface area contributed by atoms with Gasteiger partial charge in [-0.3, -0.25) is 15.1 Å². The van der Waals surface area contributed by atoms with E-state index in [0.29, 0.717) is 18.0 Å². The maximum absolute atomic E-state index is 10.8. The van der Waals surface area contributed by atoms with E-state index in [0.717, 1.165) is 12.1 Å². The molecule has 1 N–H and O–H groups in total. The second-order valence-corrected chi connectivity index (χ2v) is 3.82. The molecule has 0 aliphatic carbocycles. The SMILES string of the molecule is CCC(Cc1cc([N+](=O)[O-])c(C)cn1)NC. The minimum Gasteiger partial charge on any atom is -0.317 e.